The Labute approximate surface area is 117 Å². The predicted molar refractivity (Wildman–Crippen MR) is 75.6 cm³/mol. The van der Waals surface area contributed by atoms with Crippen LogP contribution in [0.5, 0.6) is 0 Å². The summed E-state index contributed by atoms with van der Waals surface area (Å²) in [5.74, 6) is 0.122. The van der Waals surface area contributed by atoms with Crippen molar-refractivity contribution in [3.63, 3.8) is 0 Å². The van der Waals surface area contributed by atoms with Gasteiger partial charge in [-0.3, -0.25) is 4.90 Å². The third-order valence-corrected chi connectivity index (χ3v) is 2.79. The molecule has 0 aliphatic heterocycles. The van der Waals surface area contributed by atoms with Crippen LogP contribution in [-0.4, -0.2) is 30.7 Å². The quantitative estimate of drug-likeness (QED) is 0.862. The minimum Gasteiger partial charge on any atom is -0.447 e. The topological polar surface area (TPSA) is 81.6 Å². The van der Waals surface area contributed by atoms with Gasteiger partial charge in [-0.25, -0.2) is 4.79 Å². The van der Waals surface area contributed by atoms with Crippen LogP contribution in [0.2, 0.25) is 5.02 Å². The van der Waals surface area contributed by atoms with E-state index < -0.39 is 6.09 Å². The molecule has 0 aliphatic carbocycles. The van der Waals surface area contributed by atoms with Gasteiger partial charge in [-0.15, -0.1) is 0 Å². The van der Waals surface area contributed by atoms with Crippen LogP contribution in [0.15, 0.2) is 36.7 Å². The second-order valence-corrected chi connectivity index (χ2v) is 4.65. The summed E-state index contributed by atoms with van der Waals surface area (Å²) in [6.45, 7) is 3.55. The fraction of sp³-hybridized carbons (Fsp3) is 0.308. The summed E-state index contributed by atoms with van der Waals surface area (Å²) in [7, 11) is 1.48. The number of halogens is 1. The Morgan fingerprint density at radius 1 is 1.47 bits per heavy atom. The molecule has 1 atom stereocenters. The van der Waals surface area contributed by atoms with Gasteiger partial charge >= 0.3 is 6.09 Å². The SMILES string of the molecule is C=C(N)N(C)C(=O)OC[C@H](N)Cc1ccc(Cl)cc1. The minimum absolute atomic E-state index is 0.110. The van der Waals surface area contributed by atoms with Crippen molar-refractivity contribution in [3.05, 3.63) is 47.3 Å². The minimum atomic E-state index is -0.570. The molecule has 4 N–H and O–H groups in total. The molecule has 0 aromatic heterocycles. The highest BCUT2D eigenvalue weighted by Gasteiger charge is 2.13. The van der Waals surface area contributed by atoms with Gasteiger partial charge in [0.2, 0.25) is 0 Å². The zero-order valence-corrected chi connectivity index (χ0v) is 11.6. The van der Waals surface area contributed by atoms with Crippen LogP contribution in [0.3, 0.4) is 0 Å². The molecular formula is C13H18ClN3O2. The van der Waals surface area contributed by atoms with Crippen LogP contribution in [0, 0.1) is 0 Å². The Bertz CT molecular complexity index is 448. The van der Waals surface area contributed by atoms with Crippen molar-refractivity contribution in [1.82, 2.24) is 4.90 Å². The van der Waals surface area contributed by atoms with Crippen LogP contribution in [-0.2, 0) is 11.2 Å². The van der Waals surface area contributed by atoms with Gasteiger partial charge < -0.3 is 16.2 Å². The number of nitrogens with two attached hydrogens (primary N) is 2. The summed E-state index contributed by atoms with van der Waals surface area (Å²) >= 11 is 5.79. The Morgan fingerprint density at radius 3 is 2.58 bits per heavy atom. The van der Waals surface area contributed by atoms with E-state index in [9.17, 15) is 4.79 Å². The molecule has 0 saturated heterocycles. The van der Waals surface area contributed by atoms with Gasteiger partial charge in [-0.1, -0.05) is 30.3 Å². The van der Waals surface area contributed by atoms with Gasteiger partial charge in [-0.2, -0.15) is 0 Å². The number of hydrogen-bond donors (Lipinski definition) is 2. The molecule has 0 unspecified atom stereocenters. The van der Waals surface area contributed by atoms with E-state index in [0.29, 0.717) is 11.4 Å². The Hall–Kier alpha value is -1.72. The summed E-state index contributed by atoms with van der Waals surface area (Å²) in [6, 6.07) is 7.07. The summed E-state index contributed by atoms with van der Waals surface area (Å²) in [5, 5.41) is 0.673. The first-order valence-corrected chi connectivity index (χ1v) is 6.13. The molecule has 1 rings (SSSR count). The van der Waals surface area contributed by atoms with E-state index in [1.165, 1.54) is 7.05 Å². The molecule has 5 nitrogen and oxygen atoms in total. The number of rotatable bonds is 5. The molecule has 0 bridgehead atoms. The molecule has 0 aliphatic rings. The van der Waals surface area contributed by atoms with Gasteiger partial charge in [0.1, 0.15) is 12.4 Å². The molecule has 104 valence electrons. The third-order valence-electron chi connectivity index (χ3n) is 2.54. The van der Waals surface area contributed by atoms with Crippen molar-refractivity contribution < 1.29 is 9.53 Å². The van der Waals surface area contributed by atoms with Crippen molar-refractivity contribution in [2.75, 3.05) is 13.7 Å². The maximum Gasteiger partial charge on any atom is 0.415 e. The zero-order chi connectivity index (χ0) is 14.4. The van der Waals surface area contributed by atoms with Gasteiger partial charge in [0.05, 0.1) is 0 Å². The van der Waals surface area contributed by atoms with Crippen LogP contribution in [0.25, 0.3) is 0 Å². The fourth-order valence-electron chi connectivity index (χ4n) is 1.37. The number of nitrogens with zero attached hydrogens (tertiary/aromatic N) is 1. The molecule has 0 spiro atoms. The lowest BCUT2D eigenvalue weighted by molar-refractivity contribution is 0.114. The lowest BCUT2D eigenvalue weighted by Crippen LogP contribution is -2.35. The number of ether oxygens (including phenoxy) is 1. The average Bonchev–Trinajstić information content (AvgIpc) is 2.37. The summed E-state index contributed by atoms with van der Waals surface area (Å²) in [4.78, 5) is 12.6. The molecule has 1 aromatic rings. The largest absolute Gasteiger partial charge is 0.447 e. The van der Waals surface area contributed by atoms with E-state index in [0.717, 1.165) is 10.5 Å². The Balaban J connectivity index is 2.39. The molecule has 1 aromatic carbocycles. The van der Waals surface area contributed by atoms with Crippen molar-refractivity contribution in [2.45, 2.75) is 12.5 Å². The summed E-state index contributed by atoms with van der Waals surface area (Å²) in [6.07, 6.45) is 0.0247. The number of amides is 1. The maximum atomic E-state index is 11.5. The molecule has 19 heavy (non-hydrogen) atoms. The Kier molecular flexibility index (Phi) is 5.66. The van der Waals surface area contributed by atoms with Crippen LogP contribution < -0.4 is 11.5 Å². The number of carbonyl (C=O) groups excluding carboxylic acids is 1. The third kappa shape index (κ3) is 5.19. The molecule has 6 heteroatoms. The second kappa shape index (κ2) is 7.01. The lowest BCUT2D eigenvalue weighted by Gasteiger charge is -2.18. The highest BCUT2D eigenvalue weighted by molar-refractivity contribution is 6.30. The van der Waals surface area contributed by atoms with Crippen molar-refractivity contribution >= 4 is 17.7 Å². The average molecular weight is 284 g/mol. The maximum absolute atomic E-state index is 11.5. The molecule has 1 amide bonds. The van der Waals surface area contributed by atoms with Gasteiger partial charge in [0, 0.05) is 18.1 Å². The van der Waals surface area contributed by atoms with Crippen LogP contribution in [0.4, 0.5) is 4.79 Å². The van der Waals surface area contributed by atoms with Crippen molar-refractivity contribution in [3.8, 4) is 0 Å². The van der Waals surface area contributed by atoms with Gasteiger partial charge in [0.25, 0.3) is 0 Å². The van der Waals surface area contributed by atoms with Gasteiger partial charge in [0.15, 0.2) is 0 Å². The predicted octanol–water partition coefficient (Wildman–Crippen LogP) is 1.71. The highest BCUT2D eigenvalue weighted by Crippen LogP contribution is 2.10. The first-order valence-electron chi connectivity index (χ1n) is 5.75. The Morgan fingerprint density at radius 2 is 2.05 bits per heavy atom. The van der Waals surface area contributed by atoms with E-state index >= 15 is 0 Å². The first-order chi connectivity index (χ1) is 8.90. The zero-order valence-electron chi connectivity index (χ0n) is 10.8. The smallest absolute Gasteiger partial charge is 0.415 e. The normalized spacial score (nSPS) is 11.7. The molecular weight excluding hydrogens is 266 g/mol. The first kappa shape index (κ1) is 15.3. The number of carbonyl (C=O) groups is 1. The van der Waals surface area contributed by atoms with E-state index in [4.69, 9.17) is 27.8 Å². The molecule has 0 saturated carbocycles. The number of benzene rings is 1. The second-order valence-electron chi connectivity index (χ2n) is 4.22. The molecule has 0 heterocycles. The molecule has 0 radical (unpaired) electrons. The monoisotopic (exact) mass is 283 g/mol. The van der Waals surface area contributed by atoms with Crippen molar-refractivity contribution in [2.24, 2.45) is 11.5 Å². The van der Waals surface area contributed by atoms with E-state index in [-0.39, 0.29) is 18.5 Å². The van der Waals surface area contributed by atoms with Crippen molar-refractivity contribution in [1.29, 1.82) is 0 Å². The van der Waals surface area contributed by atoms with Crippen LogP contribution >= 0.6 is 11.6 Å². The summed E-state index contributed by atoms with van der Waals surface area (Å²) in [5.41, 5.74) is 12.3. The summed E-state index contributed by atoms with van der Waals surface area (Å²) < 4.78 is 5.02. The van der Waals surface area contributed by atoms with Crippen LogP contribution in [0.1, 0.15) is 5.56 Å². The van der Waals surface area contributed by atoms with Gasteiger partial charge in [-0.05, 0) is 24.1 Å². The van der Waals surface area contributed by atoms with E-state index in [2.05, 4.69) is 6.58 Å². The molecule has 0 fully saturated rings. The standard InChI is InChI=1S/C13H18ClN3O2/c1-9(15)17(2)13(18)19-8-12(16)7-10-3-5-11(14)6-4-10/h3-6,12H,1,7-8,15-16H2,2H3/t12-/m1/s1. The fourth-order valence-corrected chi connectivity index (χ4v) is 1.50. The number of hydrogen-bond acceptors (Lipinski definition) is 4. The lowest BCUT2D eigenvalue weighted by atomic mass is 10.1. The van der Waals surface area contributed by atoms with E-state index in [1.807, 2.05) is 12.1 Å². The van der Waals surface area contributed by atoms with E-state index in [1.54, 1.807) is 12.1 Å². The highest BCUT2D eigenvalue weighted by atomic mass is 35.5.